The van der Waals surface area contributed by atoms with Crippen LogP contribution in [0.15, 0.2) is 30.3 Å². The summed E-state index contributed by atoms with van der Waals surface area (Å²) in [7, 11) is 1.54. The minimum absolute atomic E-state index is 0. The smallest absolute Gasteiger partial charge is 0.160 e. The van der Waals surface area contributed by atoms with Crippen molar-refractivity contribution in [2.75, 3.05) is 20.3 Å². The summed E-state index contributed by atoms with van der Waals surface area (Å²) in [6.07, 6.45) is 0.802. The summed E-state index contributed by atoms with van der Waals surface area (Å²) in [5.41, 5.74) is 3.65. The lowest BCUT2D eigenvalue weighted by atomic mass is 10.1. The minimum Gasteiger partial charge on any atom is -0.504 e. The van der Waals surface area contributed by atoms with Gasteiger partial charge in [0.2, 0.25) is 0 Å². The van der Waals surface area contributed by atoms with E-state index in [1.165, 1.54) is 7.11 Å². The highest BCUT2D eigenvalue weighted by atomic mass is 35.5. The van der Waals surface area contributed by atoms with Gasteiger partial charge in [-0.05, 0) is 74.7 Å². The molecule has 0 amide bonds. The fourth-order valence-electron chi connectivity index (χ4n) is 2.86. The van der Waals surface area contributed by atoms with Crippen molar-refractivity contribution >= 4 is 12.4 Å². The summed E-state index contributed by atoms with van der Waals surface area (Å²) in [4.78, 5) is 0. The minimum atomic E-state index is 0. The molecule has 0 aliphatic rings. The lowest BCUT2D eigenvalue weighted by Gasteiger charge is -2.18. The van der Waals surface area contributed by atoms with Gasteiger partial charge < -0.3 is 19.9 Å². The van der Waals surface area contributed by atoms with E-state index in [-0.39, 0.29) is 24.2 Å². The Hall–Kier alpha value is -2.42. The van der Waals surface area contributed by atoms with Crippen molar-refractivity contribution in [3.8, 4) is 23.3 Å². The molecule has 27 heavy (non-hydrogen) atoms. The number of nitriles is 1. The molecule has 2 rings (SSSR count). The van der Waals surface area contributed by atoms with E-state index < -0.39 is 0 Å². The molecule has 0 saturated heterocycles. The summed E-state index contributed by atoms with van der Waals surface area (Å²) in [6.45, 7) is 7.30. The first-order chi connectivity index (χ1) is 12.4. The Morgan fingerprint density at radius 2 is 1.85 bits per heavy atom. The molecule has 6 heteroatoms. The van der Waals surface area contributed by atoms with Crippen LogP contribution in [0.4, 0.5) is 0 Å². The number of benzene rings is 2. The molecule has 0 fully saturated rings. The first kappa shape index (κ1) is 22.6. The second-order valence-electron chi connectivity index (χ2n) is 6.47. The molecule has 0 aliphatic carbocycles. The van der Waals surface area contributed by atoms with Crippen LogP contribution in [0.2, 0.25) is 0 Å². The van der Waals surface area contributed by atoms with E-state index in [0.29, 0.717) is 17.9 Å². The van der Waals surface area contributed by atoms with Crippen molar-refractivity contribution in [3.63, 3.8) is 0 Å². The molecule has 2 aromatic carbocycles. The van der Waals surface area contributed by atoms with Gasteiger partial charge in [-0.15, -0.1) is 12.4 Å². The van der Waals surface area contributed by atoms with Gasteiger partial charge in [0, 0.05) is 6.04 Å². The monoisotopic (exact) mass is 390 g/mol. The highest BCUT2D eigenvalue weighted by Gasteiger charge is 2.09. The average molecular weight is 391 g/mol. The Bertz CT molecular complexity index is 779. The van der Waals surface area contributed by atoms with Gasteiger partial charge in [0.25, 0.3) is 0 Å². The quantitative estimate of drug-likeness (QED) is 0.714. The fraction of sp³-hybridized carbons (Fsp3) is 0.381. The van der Waals surface area contributed by atoms with E-state index in [1.807, 2.05) is 32.0 Å². The molecule has 0 aliphatic heterocycles. The summed E-state index contributed by atoms with van der Waals surface area (Å²) in [5, 5.41) is 22.2. The van der Waals surface area contributed by atoms with Crippen LogP contribution in [-0.2, 0) is 6.42 Å². The Labute approximate surface area is 167 Å². The van der Waals surface area contributed by atoms with Crippen molar-refractivity contribution in [1.82, 2.24) is 5.32 Å². The third-order valence-corrected chi connectivity index (χ3v) is 4.22. The number of aromatic hydroxyl groups is 1. The van der Waals surface area contributed by atoms with E-state index in [1.54, 1.807) is 12.1 Å². The Balaban J connectivity index is 0.00000364. The number of hydrogen-bond acceptors (Lipinski definition) is 5. The van der Waals surface area contributed by atoms with Crippen molar-refractivity contribution in [3.05, 3.63) is 52.6 Å². The van der Waals surface area contributed by atoms with Gasteiger partial charge in [0.1, 0.15) is 12.4 Å². The number of ether oxygens (including phenoxy) is 2. The van der Waals surface area contributed by atoms with Gasteiger partial charge in [-0.1, -0.05) is 6.07 Å². The molecule has 0 heterocycles. The number of halogens is 1. The van der Waals surface area contributed by atoms with Gasteiger partial charge in [-0.25, -0.2) is 0 Å². The Morgan fingerprint density at radius 3 is 2.41 bits per heavy atom. The largest absolute Gasteiger partial charge is 0.504 e. The van der Waals surface area contributed by atoms with Crippen molar-refractivity contribution in [2.24, 2.45) is 0 Å². The Kier molecular flexibility index (Phi) is 8.93. The molecule has 0 saturated carbocycles. The molecule has 146 valence electrons. The normalized spacial score (nSPS) is 11.2. The topological polar surface area (TPSA) is 74.5 Å². The van der Waals surface area contributed by atoms with Crippen LogP contribution in [0, 0.1) is 25.2 Å². The van der Waals surface area contributed by atoms with Crippen molar-refractivity contribution in [2.45, 2.75) is 33.2 Å². The molecule has 0 aromatic heterocycles. The van der Waals surface area contributed by atoms with Crippen LogP contribution >= 0.6 is 12.4 Å². The predicted molar refractivity (Wildman–Crippen MR) is 109 cm³/mol. The molecule has 5 nitrogen and oxygen atoms in total. The van der Waals surface area contributed by atoms with Crippen LogP contribution in [0.5, 0.6) is 17.2 Å². The summed E-state index contributed by atoms with van der Waals surface area (Å²) in [6, 6.07) is 11.5. The fourth-order valence-corrected chi connectivity index (χ4v) is 2.86. The lowest BCUT2D eigenvalue weighted by molar-refractivity contribution is 0.271. The molecule has 0 radical (unpaired) electrons. The molecule has 0 spiro atoms. The van der Waals surface area contributed by atoms with E-state index >= 15 is 0 Å². The second kappa shape index (κ2) is 10.7. The molecular weight excluding hydrogens is 364 g/mol. The van der Waals surface area contributed by atoms with Gasteiger partial charge >= 0.3 is 0 Å². The van der Waals surface area contributed by atoms with Crippen molar-refractivity contribution < 1.29 is 14.6 Å². The third-order valence-electron chi connectivity index (χ3n) is 4.22. The van der Waals surface area contributed by atoms with E-state index in [9.17, 15) is 5.11 Å². The number of nitrogens with one attached hydrogen (secondary N) is 1. The summed E-state index contributed by atoms with van der Waals surface area (Å²) >= 11 is 0. The number of methoxy groups -OCH3 is 1. The first-order valence-electron chi connectivity index (χ1n) is 8.68. The lowest BCUT2D eigenvalue weighted by Crippen LogP contribution is -2.33. The summed E-state index contributed by atoms with van der Waals surface area (Å²) in [5.74, 6) is 1.49. The van der Waals surface area contributed by atoms with Gasteiger partial charge in [0.15, 0.2) is 11.5 Å². The molecular formula is C21H27ClN2O3. The summed E-state index contributed by atoms with van der Waals surface area (Å²) < 4.78 is 11.0. The van der Waals surface area contributed by atoms with Crippen molar-refractivity contribution in [1.29, 1.82) is 5.26 Å². The number of aryl methyl sites for hydroxylation is 2. The zero-order chi connectivity index (χ0) is 19.1. The molecule has 2 aromatic rings. The maximum atomic E-state index is 9.81. The van der Waals surface area contributed by atoms with Crippen LogP contribution in [0.1, 0.15) is 29.2 Å². The number of rotatable bonds is 8. The molecule has 0 bridgehead atoms. The van der Waals surface area contributed by atoms with Gasteiger partial charge in [0.05, 0.1) is 18.7 Å². The number of nitrogens with zero attached hydrogens (tertiary/aromatic N) is 1. The average Bonchev–Trinajstić information content (AvgIpc) is 2.61. The Morgan fingerprint density at radius 1 is 1.19 bits per heavy atom. The van der Waals surface area contributed by atoms with E-state index in [0.717, 1.165) is 35.4 Å². The molecule has 1 atom stereocenters. The third kappa shape index (κ3) is 6.35. The van der Waals surface area contributed by atoms with Gasteiger partial charge in [-0.2, -0.15) is 5.26 Å². The van der Waals surface area contributed by atoms with E-state index in [4.69, 9.17) is 14.7 Å². The SMILES string of the molecule is COc1ccc(CCNC(C)COc2c(C)cc(C#N)cc2C)cc1O.Cl. The number of hydrogen-bond donors (Lipinski definition) is 2. The van der Waals surface area contributed by atoms with Crippen LogP contribution in [0.25, 0.3) is 0 Å². The van der Waals surface area contributed by atoms with Crippen LogP contribution in [-0.4, -0.2) is 31.4 Å². The van der Waals surface area contributed by atoms with Gasteiger partial charge in [-0.3, -0.25) is 0 Å². The van der Waals surface area contributed by atoms with Crippen LogP contribution in [0.3, 0.4) is 0 Å². The number of phenols is 1. The second-order valence-corrected chi connectivity index (χ2v) is 6.47. The zero-order valence-electron chi connectivity index (χ0n) is 16.2. The highest BCUT2D eigenvalue weighted by Crippen LogP contribution is 2.26. The van der Waals surface area contributed by atoms with Crippen LogP contribution < -0.4 is 14.8 Å². The number of phenolic OH excluding ortho intramolecular Hbond substituents is 1. The molecule has 1 unspecified atom stereocenters. The maximum absolute atomic E-state index is 9.81. The zero-order valence-corrected chi connectivity index (χ0v) is 17.0. The molecule has 2 N–H and O–H groups in total. The van der Waals surface area contributed by atoms with E-state index in [2.05, 4.69) is 18.3 Å². The standard InChI is InChI=1S/C21H26N2O3.ClH/c1-14-9-18(12-22)10-15(2)21(14)26-13-16(3)23-8-7-17-5-6-20(25-4)19(24)11-17;/h5-6,9-11,16,23-24H,7-8,13H2,1-4H3;1H. The first-order valence-corrected chi connectivity index (χ1v) is 8.68. The maximum Gasteiger partial charge on any atom is 0.160 e. The highest BCUT2D eigenvalue weighted by molar-refractivity contribution is 5.85. The predicted octanol–water partition coefficient (Wildman–Crippen LogP) is 3.91.